The highest BCUT2D eigenvalue weighted by Gasteiger charge is 2.21. The van der Waals surface area contributed by atoms with E-state index in [1.54, 1.807) is 0 Å². The van der Waals surface area contributed by atoms with E-state index in [1.165, 1.54) is 0 Å². The maximum atomic E-state index is 5.67. The van der Waals surface area contributed by atoms with Crippen molar-refractivity contribution in [3.8, 4) is 0 Å². The van der Waals surface area contributed by atoms with Gasteiger partial charge in [0.15, 0.2) is 0 Å². The van der Waals surface area contributed by atoms with Gasteiger partial charge in [-0.3, -0.25) is 4.90 Å². The Labute approximate surface area is 87.1 Å². The monoisotopic (exact) mass is 198 g/mol. The second-order valence-electron chi connectivity index (χ2n) is 4.03. The van der Waals surface area contributed by atoms with Crippen LogP contribution in [0.4, 0.5) is 0 Å². The maximum absolute atomic E-state index is 5.67. The molecule has 1 aliphatic rings. The van der Waals surface area contributed by atoms with Crippen LogP contribution in [-0.4, -0.2) is 49.8 Å². The molecular weight excluding hydrogens is 176 g/mol. The van der Waals surface area contributed by atoms with Gasteiger partial charge in [0.05, 0.1) is 12.7 Å². The molecule has 0 aliphatic carbocycles. The molecule has 1 aliphatic heterocycles. The largest absolute Gasteiger partial charge is 0.374 e. The van der Waals surface area contributed by atoms with E-state index in [1.807, 2.05) is 6.08 Å². The smallest absolute Gasteiger partial charge is 0.0826 e. The molecule has 1 heterocycles. The van der Waals surface area contributed by atoms with Crippen molar-refractivity contribution in [1.29, 1.82) is 0 Å². The Morgan fingerprint density at radius 2 is 2.43 bits per heavy atom. The van der Waals surface area contributed by atoms with Crippen LogP contribution in [0.1, 0.15) is 13.8 Å². The Morgan fingerprint density at radius 3 is 3.07 bits per heavy atom. The highest BCUT2D eigenvalue weighted by atomic mass is 16.5. The quantitative estimate of drug-likeness (QED) is 0.524. The molecule has 0 aromatic heterocycles. The minimum Gasteiger partial charge on any atom is -0.374 e. The van der Waals surface area contributed by atoms with Crippen LogP contribution in [0.2, 0.25) is 0 Å². The molecule has 1 unspecified atom stereocenters. The van der Waals surface area contributed by atoms with Gasteiger partial charge in [-0.25, -0.2) is 0 Å². The first-order valence-electron chi connectivity index (χ1n) is 5.41. The van der Waals surface area contributed by atoms with E-state index in [9.17, 15) is 0 Å². The predicted octanol–water partition coefficient (Wildman–Crippen LogP) is 0.871. The van der Waals surface area contributed by atoms with E-state index < -0.39 is 0 Å². The summed E-state index contributed by atoms with van der Waals surface area (Å²) < 4.78 is 5.67. The summed E-state index contributed by atoms with van der Waals surface area (Å²) >= 11 is 0. The zero-order chi connectivity index (χ0) is 10.4. The zero-order valence-electron chi connectivity index (χ0n) is 9.33. The minimum absolute atomic E-state index is 0.339. The fourth-order valence-electron chi connectivity index (χ4n) is 1.68. The molecule has 0 aromatic carbocycles. The van der Waals surface area contributed by atoms with Crippen LogP contribution in [0.5, 0.6) is 0 Å². The molecule has 82 valence electrons. The van der Waals surface area contributed by atoms with Crippen molar-refractivity contribution >= 4 is 0 Å². The third kappa shape index (κ3) is 3.78. The molecule has 0 bridgehead atoms. The summed E-state index contributed by atoms with van der Waals surface area (Å²) in [6, 6.07) is 0.626. The van der Waals surface area contributed by atoms with Crippen molar-refractivity contribution in [3.63, 3.8) is 0 Å². The minimum atomic E-state index is 0.339. The van der Waals surface area contributed by atoms with E-state index in [2.05, 4.69) is 30.6 Å². The van der Waals surface area contributed by atoms with E-state index in [0.717, 1.165) is 32.8 Å². The molecule has 1 atom stereocenters. The van der Waals surface area contributed by atoms with Gasteiger partial charge in [0.1, 0.15) is 0 Å². The lowest BCUT2D eigenvalue weighted by Gasteiger charge is -2.35. The lowest BCUT2D eigenvalue weighted by atomic mass is 10.2. The lowest BCUT2D eigenvalue weighted by Crippen LogP contribution is -2.49. The Balaban J connectivity index is 2.22. The van der Waals surface area contributed by atoms with Crippen LogP contribution in [0, 0.1) is 0 Å². The number of rotatable bonds is 5. The molecule has 0 saturated carbocycles. The molecule has 14 heavy (non-hydrogen) atoms. The van der Waals surface area contributed by atoms with Gasteiger partial charge in [-0.05, 0) is 13.8 Å². The van der Waals surface area contributed by atoms with Crippen molar-refractivity contribution < 1.29 is 4.74 Å². The fourth-order valence-corrected chi connectivity index (χ4v) is 1.68. The Bertz CT molecular complexity index is 171. The standard InChI is InChI=1S/C11H22N2O/c1-4-5-12-8-11-9-13(10(2)3)6-7-14-11/h4,10-12H,1,5-9H2,2-3H3. The number of hydrogen-bond acceptors (Lipinski definition) is 3. The van der Waals surface area contributed by atoms with Gasteiger partial charge in [0.2, 0.25) is 0 Å². The third-order valence-electron chi connectivity index (χ3n) is 2.56. The van der Waals surface area contributed by atoms with E-state index in [4.69, 9.17) is 4.74 Å². The molecule has 3 nitrogen and oxygen atoms in total. The van der Waals surface area contributed by atoms with Crippen molar-refractivity contribution in [3.05, 3.63) is 12.7 Å². The summed E-state index contributed by atoms with van der Waals surface area (Å²) in [5.74, 6) is 0. The van der Waals surface area contributed by atoms with Gasteiger partial charge >= 0.3 is 0 Å². The van der Waals surface area contributed by atoms with Crippen molar-refractivity contribution in [2.75, 3.05) is 32.8 Å². The zero-order valence-corrected chi connectivity index (χ0v) is 9.33. The van der Waals surface area contributed by atoms with Gasteiger partial charge in [0.25, 0.3) is 0 Å². The number of nitrogens with one attached hydrogen (secondary N) is 1. The van der Waals surface area contributed by atoms with E-state index >= 15 is 0 Å². The summed E-state index contributed by atoms with van der Waals surface area (Å²) in [6.07, 6.45) is 2.22. The van der Waals surface area contributed by atoms with Crippen LogP contribution in [0.25, 0.3) is 0 Å². The van der Waals surface area contributed by atoms with Crippen LogP contribution < -0.4 is 5.32 Å². The normalized spacial score (nSPS) is 24.1. The summed E-state index contributed by atoms with van der Waals surface area (Å²) in [5.41, 5.74) is 0. The average Bonchev–Trinajstić information content (AvgIpc) is 2.19. The van der Waals surface area contributed by atoms with Gasteiger partial charge in [-0.1, -0.05) is 6.08 Å². The molecule has 0 aromatic rings. The summed E-state index contributed by atoms with van der Waals surface area (Å²) in [5, 5.41) is 3.29. The van der Waals surface area contributed by atoms with Crippen molar-refractivity contribution in [1.82, 2.24) is 10.2 Å². The van der Waals surface area contributed by atoms with Crippen LogP contribution >= 0.6 is 0 Å². The number of ether oxygens (including phenoxy) is 1. The van der Waals surface area contributed by atoms with Crippen LogP contribution in [0.15, 0.2) is 12.7 Å². The third-order valence-corrected chi connectivity index (χ3v) is 2.56. The molecule has 1 fully saturated rings. The SMILES string of the molecule is C=CCNCC1CN(C(C)C)CCO1. The second-order valence-corrected chi connectivity index (χ2v) is 4.03. The first-order chi connectivity index (χ1) is 6.74. The average molecular weight is 198 g/mol. The highest BCUT2D eigenvalue weighted by Crippen LogP contribution is 2.07. The lowest BCUT2D eigenvalue weighted by molar-refractivity contribution is -0.0367. The fraction of sp³-hybridized carbons (Fsp3) is 0.818. The van der Waals surface area contributed by atoms with Gasteiger partial charge in [0, 0.05) is 32.2 Å². The predicted molar refractivity (Wildman–Crippen MR) is 59.5 cm³/mol. The summed E-state index contributed by atoms with van der Waals surface area (Å²) in [6.45, 7) is 12.9. The molecule has 1 saturated heterocycles. The number of morpholine rings is 1. The van der Waals surface area contributed by atoms with Crippen LogP contribution in [0.3, 0.4) is 0 Å². The van der Waals surface area contributed by atoms with Crippen molar-refractivity contribution in [2.24, 2.45) is 0 Å². The second kappa shape index (κ2) is 6.17. The number of nitrogens with zero attached hydrogens (tertiary/aromatic N) is 1. The first kappa shape index (κ1) is 11.7. The van der Waals surface area contributed by atoms with Crippen LogP contribution in [-0.2, 0) is 4.74 Å². The molecule has 3 heteroatoms. The Hall–Kier alpha value is -0.380. The Kier molecular flexibility index (Phi) is 5.15. The van der Waals surface area contributed by atoms with Gasteiger partial charge in [-0.15, -0.1) is 6.58 Å². The van der Waals surface area contributed by atoms with Gasteiger partial charge < -0.3 is 10.1 Å². The molecule has 0 amide bonds. The molecular formula is C11H22N2O. The topological polar surface area (TPSA) is 24.5 Å². The maximum Gasteiger partial charge on any atom is 0.0826 e. The number of hydrogen-bond donors (Lipinski definition) is 1. The Morgan fingerprint density at radius 1 is 1.64 bits per heavy atom. The van der Waals surface area contributed by atoms with Crippen molar-refractivity contribution in [2.45, 2.75) is 26.0 Å². The summed E-state index contributed by atoms with van der Waals surface area (Å²) in [7, 11) is 0. The molecule has 1 N–H and O–H groups in total. The van der Waals surface area contributed by atoms with Gasteiger partial charge in [-0.2, -0.15) is 0 Å². The van der Waals surface area contributed by atoms with E-state index in [0.29, 0.717) is 12.1 Å². The highest BCUT2D eigenvalue weighted by molar-refractivity contribution is 4.77. The molecule has 0 radical (unpaired) electrons. The molecule has 0 spiro atoms. The molecule has 1 rings (SSSR count). The summed E-state index contributed by atoms with van der Waals surface area (Å²) in [4.78, 5) is 2.46. The first-order valence-corrected chi connectivity index (χ1v) is 5.41. The van der Waals surface area contributed by atoms with E-state index in [-0.39, 0.29) is 0 Å².